The number of nitrogens with zero attached hydrogens (tertiary/aromatic N) is 3. The van der Waals surface area contributed by atoms with Crippen molar-refractivity contribution in [3.8, 4) is 0 Å². The van der Waals surface area contributed by atoms with E-state index >= 15 is 0 Å². The van der Waals surface area contributed by atoms with E-state index in [2.05, 4.69) is 4.98 Å². The normalized spacial score (nSPS) is 12.7. The first-order valence-corrected chi connectivity index (χ1v) is 9.48. The van der Waals surface area contributed by atoms with E-state index in [1.54, 1.807) is 0 Å². The van der Waals surface area contributed by atoms with Gasteiger partial charge in [-0.15, -0.1) is 15.0 Å². The third-order valence-electron chi connectivity index (χ3n) is 2.67. The Balaban J connectivity index is 2.75. The molecular weight excluding hydrogens is 354 g/mol. The van der Waals surface area contributed by atoms with Crippen molar-refractivity contribution < 1.29 is 21.6 Å². The largest absolute Gasteiger partial charge is 0.316 e. The fraction of sp³-hybridized carbons (Fsp3) is 0.333. The third-order valence-corrected chi connectivity index (χ3v) is 7.29. The molecule has 2 rings (SSSR count). The number of aromatic nitrogens is 2. The fourth-order valence-electron chi connectivity index (χ4n) is 1.60. The number of hydrogen-bond donors (Lipinski definition) is 2. The molecule has 0 bridgehead atoms. The second kappa shape index (κ2) is 5.58. The van der Waals surface area contributed by atoms with Gasteiger partial charge in [-0.3, -0.25) is 9.20 Å². The molecule has 0 saturated heterocycles. The summed E-state index contributed by atoms with van der Waals surface area (Å²) in [6, 6.07) is 0. The Morgan fingerprint density at radius 1 is 1.23 bits per heavy atom. The van der Waals surface area contributed by atoms with Crippen molar-refractivity contribution in [2.24, 2.45) is 0 Å². The molecule has 0 radical (unpaired) electrons. The molecule has 10 nitrogen and oxygen atoms in total. The topological polar surface area (TPSA) is 130 Å². The predicted octanol–water partition coefficient (Wildman–Crippen LogP) is -0.667. The van der Waals surface area contributed by atoms with Crippen LogP contribution in [-0.4, -0.2) is 46.1 Å². The lowest BCUT2D eigenvalue weighted by Crippen LogP contribution is -2.47. The fourth-order valence-corrected chi connectivity index (χ4v) is 5.21. The minimum absolute atomic E-state index is 0.149. The van der Waals surface area contributed by atoms with E-state index in [4.69, 9.17) is 0 Å². The lowest BCUT2D eigenvalue weighted by Gasteiger charge is -2.20. The lowest BCUT2D eigenvalue weighted by molar-refractivity contribution is 0.102. The second-order valence-corrected chi connectivity index (χ2v) is 8.76. The number of rotatable bonds is 6. The van der Waals surface area contributed by atoms with Gasteiger partial charge >= 0.3 is 20.4 Å². The molecule has 122 valence electrons. The van der Waals surface area contributed by atoms with Crippen LogP contribution in [0.2, 0.25) is 0 Å². The number of imidazole rings is 1. The van der Waals surface area contributed by atoms with Crippen LogP contribution >= 0.6 is 11.3 Å². The summed E-state index contributed by atoms with van der Waals surface area (Å²) in [5, 5.41) is 0. The molecule has 0 aliphatic rings. The summed E-state index contributed by atoms with van der Waals surface area (Å²) >= 11 is 0.945. The average molecular weight is 367 g/mol. The number of carbonyl (C=O) groups excluding carboxylic acids is 1. The first-order valence-electron chi connectivity index (χ1n) is 5.79. The molecule has 0 fully saturated rings. The van der Waals surface area contributed by atoms with Crippen LogP contribution in [0, 0.1) is 0 Å². The van der Waals surface area contributed by atoms with Crippen molar-refractivity contribution in [1.29, 1.82) is 0 Å². The SMILES string of the molecule is CNS(=O)(=O)N(c1ncn2cc(C(C)=O)sc12)S(=O)(=O)NC. The Hall–Kier alpha value is -1.54. The van der Waals surface area contributed by atoms with Crippen LogP contribution in [0.25, 0.3) is 4.83 Å². The maximum Gasteiger partial charge on any atom is 0.316 e. The number of thiazole rings is 1. The van der Waals surface area contributed by atoms with E-state index in [-0.39, 0.29) is 20.1 Å². The van der Waals surface area contributed by atoms with Gasteiger partial charge in [0.25, 0.3) is 0 Å². The quantitative estimate of drug-likeness (QED) is 0.652. The zero-order valence-corrected chi connectivity index (χ0v) is 14.2. The highest BCUT2D eigenvalue weighted by Gasteiger charge is 2.36. The van der Waals surface area contributed by atoms with Gasteiger partial charge in [-0.2, -0.15) is 26.3 Å². The number of nitrogens with one attached hydrogen (secondary N) is 2. The number of ketones is 1. The summed E-state index contributed by atoms with van der Waals surface area (Å²) in [7, 11) is -6.59. The van der Waals surface area contributed by atoms with Gasteiger partial charge in [-0.05, 0) is 0 Å². The van der Waals surface area contributed by atoms with Crippen molar-refractivity contribution in [2.75, 3.05) is 17.8 Å². The molecule has 0 atom stereocenters. The molecule has 2 N–H and O–H groups in total. The predicted molar refractivity (Wildman–Crippen MR) is 81.5 cm³/mol. The maximum absolute atomic E-state index is 12.1. The van der Waals surface area contributed by atoms with E-state index in [0.717, 1.165) is 25.4 Å². The maximum atomic E-state index is 12.1. The van der Waals surface area contributed by atoms with E-state index in [0.29, 0.717) is 4.88 Å². The molecule has 0 saturated carbocycles. The van der Waals surface area contributed by atoms with Crippen LogP contribution in [0.5, 0.6) is 0 Å². The van der Waals surface area contributed by atoms with Gasteiger partial charge in [0, 0.05) is 27.2 Å². The van der Waals surface area contributed by atoms with Gasteiger partial charge in [0.15, 0.2) is 11.6 Å². The molecule has 0 aliphatic carbocycles. The van der Waals surface area contributed by atoms with E-state index in [9.17, 15) is 21.6 Å². The third kappa shape index (κ3) is 2.72. The van der Waals surface area contributed by atoms with Gasteiger partial charge in [0.1, 0.15) is 11.2 Å². The van der Waals surface area contributed by atoms with Gasteiger partial charge in [0.05, 0.1) is 4.88 Å². The first kappa shape index (κ1) is 16.8. The molecule has 0 amide bonds. The van der Waals surface area contributed by atoms with Crippen LogP contribution in [0.1, 0.15) is 16.6 Å². The number of hydrogen-bond acceptors (Lipinski definition) is 7. The van der Waals surface area contributed by atoms with Crippen LogP contribution in [0.3, 0.4) is 0 Å². The zero-order chi connectivity index (χ0) is 16.7. The number of carbonyl (C=O) groups is 1. The minimum atomic E-state index is -4.38. The summed E-state index contributed by atoms with van der Waals surface area (Å²) in [5.74, 6) is -0.541. The number of Topliss-reactive ketones (excluding diaryl/α,β-unsaturated/α-hetero) is 1. The molecule has 13 heteroatoms. The summed E-state index contributed by atoms with van der Waals surface area (Å²) in [5.41, 5.74) is 0. The summed E-state index contributed by atoms with van der Waals surface area (Å²) in [4.78, 5) is 15.8. The summed E-state index contributed by atoms with van der Waals surface area (Å²) in [6.45, 7) is 1.35. The first-order chi connectivity index (χ1) is 10.1. The Morgan fingerprint density at radius 2 is 1.77 bits per heavy atom. The molecule has 0 aliphatic heterocycles. The molecule has 0 aromatic carbocycles. The van der Waals surface area contributed by atoms with Crippen molar-refractivity contribution in [3.05, 3.63) is 17.4 Å². The molecule has 2 heterocycles. The lowest BCUT2D eigenvalue weighted by atomic mass is 10.4. The molecule has 0 spiro atoms. The second-order valence-electron chi connectivity index (χ2n) is 4.05. The van der Waals surface area contributed by atoms with Crippen LogP contribution in [0.4, 0.5) is 5.82 Å². The van der Waals surface area contributed by atoms with E-state index < -0.39 is 20.4 Å². The van der Waals surface area contributed by atoms with Crippen LogP contribution in [0.15, 0.2) is 12.5 Å². The molecule has 0 unspecified atom stereocenters. The Labute approximate surface area is 131 Å². The van der Waals surface area contributed by atoms with Crippen LogP contribution in [-0.2, 0) is 20.4 Å². The van der Waals surface area contributed by atoms with Crippen LogP contribution < -0.4 is 13.2 Å². The van der Waals surface area contributed by atoms with Crippen molar-refractivity contribution >= 4 is 48.2 Å². The van der Waals surface area contributed by atoms with Crippen molar-refractivity contribution in [3.63, 3.8) is 0 Å². The Morgan fingerprint density at radius 3 is 2.23 bits per heavy atom. The van der Waals surface area contributed by atoms with Gasteiger partial charge in [-0.1, -0.05) is 0 Å². The molecule has 2 aromatic rings. The van der Waals surface area contributed by atoms with E-state index in [1.165, 1.54) is 23.8 Å². The highest BCUT2D eigenvalue weighted by atomic mass is 32.3. The zero-order valence-electron chi connectivity index (χ0n) is 11.8. The Bertz CT molecular complexity index is 892. The highest BCUT2D eigenvalue weighted by molar-refractivity contribution is 8.08. The van der Waals surface area contributed by atoms with Gasteiger partial charge in [-0.25, -0.2) is 4.98 Å². The standard InChI is InChI=1S/C9H13N5O5S3/c1-6(15)7-4-13-5-12-8(9(13)20-7)14(21(16,17)10-2)22(18,19)11-3/h4-5,10-11H,1-3H3. The molecule has 22 heavy (non-hydrogen) atoms. The monoisotopic (exact) mass is 367 g/mol. The van der Waals surface area contributed by atoms with Crippen molar-refractivity contribution in [1.82, 2.24) is 18.8 Å². The summed E-state index contributed by atoms with van der Waals surface area (Å²) < 4.78 is 53.7. The highest BCUT2D eigenvalue weighted by Crippen LogP contribution is 2.30. The van der Waals surface area contributed by atoms with E-state index in [1.807, 2.05) is 9.44 Å². The molecule has 2 aromatic heterocycles. The minimum Gasteiger partial charge on any atom is -0.294 e. The summed E-state index contributed by atoms with van der Waals surface area (Å²) in [6.07, 6.45) is 2.69. The number of anilines is 1. The smallest absolute Gasteiger partial charge is 0.294 e. The Kier molecular flexibility index (Phi) is 4.27. The number of fused-ring (bicyclic) bond motifs is 1. The van der Waals surface area contributed by atoms with Gasteiger partial charge in [0.2, 0.25) is 0 Å². The molecular formula is C9H13N5O5S3. The van der Waals surface area contributed by atoms with Gasteiger partial charge < -0.3 is 0 Å². The average Bonchev–Trinajstić information content (AvgIpc) is 3.00. The van der Waals surface area contributed by atoms with Crippen molar-refractivity contribution in [2.45, 2.75) is 6.92 Å².